The number of fused-ring (bicyclic) bond motifs is 1. The Labute approximate surface area is 138 Å². The van der Waals surface area contributed by atoms with Crippen LogP contribution in [0.15, 0.2) is 30.3 Å². The van der Waals surface area contributed by atoms with E-state index in [1.807, 2.05) is 39.0 Å². The van der Waals surface area contributed by atoms with E-state index in [0.717, 1.165) is 22.5 Å². The molecule has 0 bridgehead atoms. The highest BCUT2D eigenvalue weighted by Crippen LogP contribution is 2.31. The van der Waals surface area contributed by atoms with Gasteiger partial charge in [0.25, 0.3) is 0 Å². The van der Waals surface area contributed by atoms with E-state index in [0.29, 0.717) is 10.7 Å². The Morgan fingerprint density at radius 2 is 2.04 bits per heavy atom. The molecule has 0 aliphatic rings. The summed E-state index contributed by atoms with van der Waals surface area (Å²) in [7, 11) is 0. The van der Waals surface area contributed by atoms with Gasteiger partial charge in [-0.15, -0.1) is 0 Å². The number of hydrogen-bond donors (Lipinski definition) is 1. The molecule has 23 heavy (non-hydrogen) atoms. The number of hydrogen-bond acceptors (Lipinski definition) is 3. The second kappa shape index (κ2) is 5.66. The van der Waals surface area contributed by atoms with Crippen LogP contribution in [0.25, 0.3) is 16.8 Å². The van der Waals surface area contributed by atoms with E-state index >= 15 is 0 Å². The van der Waals surface area contributed by atoms with E-state index in [4.69, 9.17) is 11.6 Å². The van der Waals surface area contributed by atoms with Gasteiger partial charge in [-0.3, -0.25) is 0 Å². The van der Waals surface area contributed by atoms with Crippen molar-refractivity contribution in [3.05, 3.63) is 52.4 Å². The van der Waals surface area contributed by atoms with Crippen LogP contribution in [0.3, 0.4) is 0 Å². The normalized spacial score (nSPS) is 11.3. The largest absolute Gasteiger partial charge is 0.477 e. The van der Waals surface area contributed by atoms with Crippen molar-refractivity contribution in [2.45, 2.75) is 26.7 Å². The first-order valence-electron chi connectivity index (χ1n) is 7.28. The quantitative estimate of drug-likeness (QED) is 0.782. The van der Waals surface area contributed by atoms with Crippen LogP contribution in [0, 0.1) is 6.92 Å². The summed E-state index contributed by atoms with van der Waals surface area (Å²) in [6.45, 7) is 5.88. The molecule has 0 aliphatic carbocycles. The average molecular weight is 330 g/mol. The summed E-state index contributed by atoms with van der Waals surface area (Å²) in [5, 5.41) is 14.5. The van der Waals surface area contributed by atoms with Crippen molar-refractivity contribution in [3.63, 3.8) is 0 Å². The Balaban J connectivity index is 2.39. The molecule has 2 heterocycles. The molecule has 5 nitrogen and oxygen atoms in total. The first-order chi connectivity index (χ1) is 10.9. The molecule has 0 fully saturated rings. The van der Waals surface area contributed by atoms with Gasteiger partial charge in [0.15, 0.2) is 11.3 Å². The summed E-state index contributed by atoms with van der Waals surface area (Å²) in [6, 6.07) is 8.97. The minimum absolute atomic E-state index is 0.0179. The number of halogens is 1. The standard InChI is InChI=1S/C17H16ClN3O2/c1-9(2)14-8-13(17(22)23)19-16-15(10(3)20-21(14)16)11-5-4-6-12(18)7-11/h4-9H,1-3H3,(H,22,23). The Hall–Kier alpha value is -2.40. The summed E-state index contributed by atoms with van der Waals surface area (Å²) in [5.74, 6) is -0.935. The lowest BCUT2D eigenvalue weighted by molar-refractivity contribution is 0.0690. The van der Waals surface area contributed by atoms with Gasteiger partial charge in [0, 0.05) is 16.3 Å². The van der Waals surface area contributed by atoms with Crippen LogP contribution in [0.1, 0.15) is 41.6 Å². The van der Waals surface area contributed by atoms with Gasteiger partial charge in [0.1, 0.15) is 0 Å². The molecule has 0 atom stereocenters. The molecule has 6 heteroatoms. The lowest BCUT2D eigenvalue weighted by atomic mass is 10.1. The van der Waals surface area contributed by atoms with E-state index < -0.39 is 5.97 Å². The maximum Gasteiger partial charge on any atom is 0.354 e. The summed E-state index contributed by atoms with van der Waals surface area (Å²) in [6.07, 6.45) is 0. The molecule has 0 amide bonds. The number of benzene rings is 1. The zero-order chi connectivity index (χ0) is 16.7. The Morgan fingerprint density at radius 1 is 1.30 bits per heavy atom. The third-order valence-corrected chi connectivity index (χ3v) is 3.95. The molecule has 1 N–H and O–H groups in total. The van der Waals surface area contributed by atoms with Crippen LogP contribution < -0.4 is 0 Å². The number of carboxylic acid groups (broad SMARTS) is 1. The number of nitrogens with zero attached hydrogens (tertiary/aromatic N) is 3. The number of aromatic carboxylic acids is 1. The molecular formula is C17H16ClN3O2. The summed E-state index contributed by atoms with van der Waals surface area (Å²) >= 11 is 6.09. The number of aromatic nitrogens is 3. The first kappa shape index (κ1) is 15.5. The molecule has 0 saturated heterocycles. The monoisotopic (exact) mass is 329 g/mol. The van der Waals surface area contributed by atoms with Crippen LogP contribution in [0.4, 0.5) is 0 Å². The Bertz CT molecular complexity index is 916. The zero-order valence-corrected chi connectivity index (χ0v) is 13.8. The van der Waals surface area contributed by atoms with E-state index in [2.05, 4.69) is 10.1 Å². The molecule has 0 unspecified atom stereocenters. The Morgan fingerprint density at radius 3 is 2.65 bits per heavy atom. The van der Waals surface area contributed by atoms with Crippen molar-refractivity contribution in [1.29, 1.82) is 0 Å². The molecule has 118 valence electrons. The van der Waals surface area contributed by atoms with Gasteiger partial charge in [-0.25, -0.2) is 14.3 Å². The molecule has 0 aliphatic heterocycles. The third-order valence-electron chi connectivity index (χ3n) is 3.72. The highest BCUT2D eigenvalue weighted by atomic mass is 35.5. The van der Waals surface area contributed by atoms with E-state index in [-0.39, 0.29) is 11.6 Å². The lowest BCUT2D eigenvalue weighted by Crippen LogP contribution is -2.09. The van der Waals surface area contributed by atoms with Crippen molar-refractivity contribution >= 4 is 23.2 Å². The molecule has 0 spiro atoms. The molecule has 1 aromatic carbocycles. The van der Waals surface area contributed by atoms with Crippen LogP contribution in [0.2, 0.25) is 5.02 Å². The van der Waals surface area contributed by atoms with Crippen molar-refractivity contribution in [2.24, 2.45) is 0 Å². The molecule has 0 radical (unpaired) electrons. The van der Waals surface area contributed by atoms with Crippen LogP contribution in [0.5, 0.6) is 0 Å². The van der Waals surface area contributed by atoms with E-state index in [9.17, 15) is 9.90 Å². The minimum Gasteiger partial charge on any atom is -0.477 e. The van der Waals surface area contributed by atoms with Gasteiger partial charge in [0.05, 0.1) is 5.69 Å². The predicted molar refractivity (Wildman–Crippen MR) is 89.2 cm³/mol. The number of carboxylic acids is 1. The smallest absolute Gasteiger partial charge is 0.354 e. The van der Waals surface area contributed by atoms with E-state index in [1.165, 1.54) is 0 Å². The van der Waals surface area contributed by atoms with Crippen LogP contribution >= 0.6 is 11.6 Å². The molecule has 3 rings (SSSR count). The van der Waals surface area contributed by atoms with Crippen molar-refractivity contribution < 1.29 is 9.90 Å². The molecule has 2 aromatic heterocycles. The summed E-state index contributed by atoms with van der Waals surface area (Å²) in [4.78, 5) is 15.7. The van der Waals surface area contributed by atoms with Crippen LogP contribution in [-0.4, -0.2) is 25.7 Å². The highest BCUT2D eigenvalue weighted by molar-refractivity contribution is 6.30. The molecule has 0 saturated carbocycles. The van der Waals surface area contributed by atoms with Gasteiger partial charge in [-0.1, -0.05) is 37.6 Å². The minimum atomic E-state index is -1.05. The van der Waals surface area contributed by atoms with Crippen molar-refractivity contribution in [1.82, 2.24) is 14.6 Å². The summed E-state index contributed by atoms with van der Waals surface area (Å²) in [5.41, 5.74) is 3.82. The second-order valence-corrected chi connectivity index (χ2v) is 6.17. The van der Waals surface area contributed by atoms with Gasteiger partial charge in [0.2, 0.25) is 0 Å². The first-order valence-corrected chi connectivity index (χ1v) is 7.65. The van der Waals surface area contributed by atoms with Gasteiger partial charge >= 0.3 is 5.97 Å². The van der Waals surface area contributed by atoms with Gasteiger partial charge in [-0.2, -0.15) is 5.10 Å². The predicted octanol–water partition coefficient (Wildman–Crippen LogP) is 4.18. The highest BCUT2D eigenvalue weighted by Gasteiger charge is 2.20. The van der Waals surface area contributed by atoms with Crippen molar-refractivity contribution in [3.8, 4) is 11.1 Å². The SMILES string of the molecule is Cc1nn2c(C(C)C)cc(C(=O)O)nc2c1-c1cccc(Cl)c1. The number of carbonyl (C=O) groups is 1. The molecular weight excluding hydrogens is 314 g/mol. The number of rotatable bonds is 3. The topological polar surface area (TPSA) is 67.5 Å². The maximum atomic E-state index is 11.4. The maximum absolute atomic E-state index is 11.4. The second-order valence-electron chi connectivity index (χ2n) is 5.73. The van der Waals surface area contributed by atoms with Gasteiger partial charge < -0.3 is 5.11 Å². The lowest BCUT2D eigenvalue weighted by Gasteiger charge is -2.09. The number of aryl methyl sites for hydroxylation is 1. The van der Waals surface area contributed by atoms with E-state index in [1.54, 1.807) is 16.6 Å². The average Bonchev–Trinajstić information content (AvgIpc) is 2.81. The molecule has 3 aromatic rings. The Kier molecular flexibility index (Phi) is 3.82. The zero-order valence-electron chi connectivity index (χ0n) is 13.0. The third kappa shape index (κ3) is 2.68. The fraction of sp³-hybridized carbons (Fsp3) is 0.235. The fourth-order valence-electron chi connectivity index (χ4n) is 2.65. The fourth-order valence-corrected chi connectivity index (χ4v) is 2.84. The summed E-state index contributed by atoms with van der Waals surface area (Å²) < 4.78 is 1.72. The van der Waals surface area contributed by atoms with Gasteiger partial charge in [-0.05, 0) is 36.6 Å². The van der Waals surface area contributed by atoms with Crippen molar-refractivity contribution in [2.75, 3.05) is 0 Å². The van der Waals surface area contributed by atoms with Crippen LogP contribution in [-0.2, 0) is 0 Å².